The van der Waals surface area contributed by atoms with Crippen molar-refractivity contribution in [3.05, 3.63) is 54.6 Å². The third-order valence-corrected chi connectivity index (χ3v) is 5.40. The number of para-hydroxylation sites is 1. The number of carbonyl (C=O) groups is 1. The SMILES string of the molecule is CC.C[N+]12CCC(CC1)CC2.O=C(O)Oc1ccccc1-c1ccccc1. The van der Waals surface area contributed by atoms with E-state index in [2.05, 4.69) is 7.05 Å². The van der Waals surface area contributed by atoms with Gasteiger partial charge in [-0.1, -0.05) is 62.4 Å². The van der Waals surface area contributed by atoms with Gasteiger partial charge in [-0.05, 0) is 36.8 Å². The van der Waals surface area contributed by atoms with Gasteiger partial charge in [-0.3, -0.25) is 0 Å². The Morgan fingerprint density at radius 2 is 1.44 bits per heavy atom. The fraction of sp³-hybridized carbons (Fsp3) is 0.435. The number of fused-ring (bicyclic) bond motifs is 3. The van der Waals surface area contributed by atoms with Crippen LogP contribution in [0.15, 0.2) is 54.6 Å². The molecule has 27 heavy (non-hydrogen) atoms. The molecule has 4 nitrogen and oxygen atoms in total. The lowest BCUT2D eigenvalue weighted by atomic mass is 9.86. The van der Waals surface area contributed by atoms with Crippen LogP contribution < -0.4 is 4.74 Å². The van der Waals surface area contributed by atoms with Crippen LogP contribution in [0.5, 0.6) is 5.75 Å². The van der Waals surface area contributed by atoms with Crippen LogP contribution in [-0.2, 0) is 0 Å². The molecule has 2 aromatic carbocycles. The van der Waals surface area contributed by atoms with Crippen molar-refractivity contribution in [3.63, 3.8) is 0 Å². The van der Waals surface area contributed by atoms with E-state index in [0.29, 0.717) is 5.75 Å². The second kappa shape index (κ2) is 10.1. The summed E-state index contributed by atoms with van der Waals surface area (Å²) in [5.41, 5.74) is 1.70. The zero-order valence-corrected chi connectivity index (χ0v) is 16.7. The van der Waals surface area contributed by atoms with Gasteiger partial charge in [-0.25, -0.2) is 4.79 Å². The maximum atomic E-state index is 10.5. The molecule has 3 aliphatic heterocycles. The Morgan fingerprint density at radius 1 is 0.926 bits per heavy atom. The van der Waals surface area contributed by atoms with Gasteiger partial charge < -0.3 is 14.3 Å². The first-order valence-corrected chi connectivity index (χ1v) is 9.94. The van der Waals surface area contributed by atoms with Crippen molar-refractivity contribution < 1.29 is 19.1 Å². The Morgan fingerprint density at radius 3 is 1.93 bits per heavy atom. The van der Waals surface area contributed by atoms with Gasteiger partial charge >= 0.3 is 6.16 Å². The van der Waals surface area contributed by atoms with Crippen molar-refractivity contribution >= 4 is 6.16 Å². The molecule has 3 heterocycles. The van der Waals surface area contributed by atoms with Gasteiger partial charge in [0, 0.05) is 5.56 Å². The van der Waals surface area contributed by atoms with E-state index < -0.39 is 6.16 Å². The molecule has 2 bridgehead atoms. The molecule has 146 valence electrons. The van der Waals surface area contributed by atoms with E-state index in [-0.39, 0.29) is 0 Å². The van der Waals surface area contributed by atoms with Crippen molar-refractivity contribution in [1.29, 1.82) is 0 Å². The Kier molecular flexibility index (Phi) is 7.86. The van der Waals surface area contributed by atoms with E-state index >= 15 is 0 Å². The zero-order valence-electron chi connectivity index (χ0n) is 16.7. The summed E-state index contributed by atoms with van der Waals surface area (Å²) in [4.78, 5) is 10.5. The maximum Gasteiger partial charge on any atom is 0.511 e. The molecule has 3 aliphatic rings. The average molecular weight is 371 g/mol. The minimum Gasteiger partial charge on any atom is -0.449 e. The molecule has 0 unspecified atom stereocenters. The molecule has 4 heteroatoms. The summed E-state index contributed by atoms with van der Waals surface area (Å²) in [5, 5.41) is 8.62. The largest absolute Gasteiger partial charge is 0.511 e. The predicted octanol–water partition coefficient (Wildman–Crippen LogP) is 5.68. The molecule has 0 saturated carbocycles. The Balaban J connectivity index is 0.000000200. The monoisotopic (exact) mass is 370 g/mol. The van der Waals surface area contributed by atoms with E-state index in [4.69, 9.17) is 9.84 Å². The molecule has 3 saturated heterocycles. The quantitative estimate of drug-likeness (QED) is 0.420. The fourth-order valence-corrected chi connectivity index (χ4v) is 3.76. The van der Waals surface area contributed by atoms with Crippen LogP contribution in [0.3, 0.4) is 0 Å². The molecular formula is C23H32NO3+. The second-order valence-corrected chi connectivity index (χ2v) is 7.25. The predicted molar refractivity (Wildman–Crippen MR) is 110 cm³/mol. The first kappa shape index (κ1) is 21.0. The van der Waals surface area contributed by atoms with Crippen molar-refractivity contribution in [2.24, 2.45) is 5.92 Å². The highest BCUT2D eigenvalue weighted by Crippen LogP contribution is 2.31. The number of carboxylic acid groups (broad SMARTS) is 1. The number of hydrogen-bond donors (Lipinski definition) is 1. The molecule has 0 aromatic heterocycles. The van der Waals surface area contributed by atoms with Gasteiger partial charge in [0.15, 0.2) is 0 Å². The molecule has 0 atom stereocenters. The maximum absolute atomic E-state index is 10.5. The minimum atomic E-state index is -1.30. The number of ether oxygens (including phenoxy) is 1. The van der Waals surface area contributed by atoms with E-state index in [1.54, 1.807) is 12.1 Å². The molecule has 1 N–H and O–H groups in total. The van der Waals surface area contributed by atoms with Crippen molar-refractivity contribution in [2.75, 3.05) is 26.7 Å². The number of rotatable bonds is 2. The van der Waals surface area contributed by atoms with Gasteiger partial charge in [0.1, 0.15) is 5.75 Å². The highest BCUT2D eigenvalue weighted by molar-refractivity contribution is 5.73. The summed E-state index contributed by atoms with van der Waals surface area (Å²) in [6.07, 6.45) is 3.23. The third-order valence-electron chi connectivity index (χ3n) is 5.40. The summed E-state index contributed by atoms with van der Waals surface area (Å²) >= 11 is 0. The fourth-order valence-electron chi connectivity index (χ4n) is 3.76. The summed E-state index contributed by atoms with van der Waals surface area (Å²) < 4.78 is 6.10. The van der Waals surface area contributed by atoms with Gasteiger partial charge in [0.25, 0.3) is 0 Å². The van der Waals surface area contributed by atoms with Crippen molar-refractivity contribution in [1.82, 2.24) is 0 Å². The van der Waals surface area contributed by atoms with Crippen molar-refractivity contribution in [3.8, 4) is 16.9 Å². The highest BCUT2D eigenvalue weighted by Gasteiger charge is 2.35. The van der Waals surface area contributed by atoms with Crippen LogP contribution >= 0.6 is 0 Å². The van der Waals surface area contributed by atoms with E-state index in [0.717, 1.165) is 17.0 Å². The zero-order chi connectivity index (χ0) is 19.7. The molecule has 0 amide bonds. The number of benzene rings is 2. The van der Waals surface area contributed by atoms with Gasteiger partial charge in [-0.15, -0.1) is 0 Å². The summed E-state index contributed by atoms with van der Waals surface area (Å²) in [5.74, 6) is 1.46. The summed E-state index contributed by atoms with van der Waals surface area (Å²) in [6, 6.07) is 16.6. The molecule has 3 fully saturated rings. The normalized spacial score (nSPS) is 22.6. The number of quaternary nitrogens is 1. The minimum absolute atomic E-state index is 0.348. The van der Waals surface area contributed by atoms with Gasteiger partial charge in [0.2, 0.25) is 0 Å². The molecule has 0 aliphatic carbocycles. The molecule has 2 aromatic rings. The van der Waals surface area contributed by atoms with Crippen LogP contribution in [0.2, 0.25) is 0 Å². The summed E-state index contributed by atoms with van der Waals surface area (Å²) in [6.45, 7) is 8.39. The smallest absolute Gasteiger partial charge is 0.449 e. The second-order valence-electron chi connectivity index (χ2n) is 7.25. The lowest BCUT2D eigenvalue weighted by molar-refractivity contribution is -0.924. The first-order chi connectivity index (χ1) is 13.1. The van der Waals surface area contributed by atoms with Crippen LogP contribution in [0, 0.1) is 5.92 Å². The van der Waals surface area contributed by atoms with E-state index in [1.807, 2.05) is 56.3 Å². The topological polar surface area (TPSA) is 46.5 Å². The van der Waals surface area contributed by atoms with Crippen LogP contribution in [0.25, 0.3) is 11.1 Å². The molecular weight excluding hydrogens is 338 g/mol. The number of piperidine rings is 3. The lowest BCUT2D eigenvalue weighted by Gasteiger charge is -2.46. The van der Waals surface area contributed by atoms with Crippen LogP contribution in [-0.4, -0.2) is 42.4 Å². The average Bonchev–Trinajstić information content (AvgIpc) is 2.71. The standard InChI is InChI=1S/C13H10O3.C8H16N.C2H6/c14-13(15)16-12-9-5-4-8-11(12)10-6-2-1-3-7-10;1-9-5-2-8(3-6-9)4-7-9;1-2/h1-9H,(H,14,15);8H,2-7H2,1H3;1-2H3/q;+1;. The Bertz CT molecular complexity index is 693. The van der Waals surface area contributed by atoms with Crippen molar-refractivity contribution in [2.45, 2.75) is 33.1 Å². The number of nitrogens with zero attached hydrogens (tertiary/aromatic N) is 1. The lowest BCUT2D eigenvalue weighted by Crippen LogP contribution is -2.55. The molecule has 0 radical (unpaired) electrons. The summed E-state index contributed by atoms with van der Waals surface area (Å²) in [7, 11) is 2.41. The van der Waals surface area contributed by atoms with E-state index in [9.17, 15) is 4.79 Å². The van der Waals surface area contributed by atoms with E-state index in [1.165, 1.54) is 43.4 Å². The van der Waals surface area contributed by atoms with Gasteiger partial charge in [-0.2, -0.15) is 0 Å². The Hall–Kier alpha value is -2.33. The first-order valence-electron chi connectivity index (χ1n) is 9.94. The van der Waals surface area contributed by atoms with Crippen LogP contribution in [0.4, 0.5) is 4.79 Å². The molecule has 5 rings (SSSR count). The Labute approximate surface area is 163 Å². The van der Waals surface area contributed by atoms with Crippen LogP contribution in [0.1, 0.15) is 33.1 Å². The third kappa shape index (κ3) is 6.10. The number of hydrogen-bond acceptors (Lipinski definition) is 2. The van der Waals surface area contributed by atoms with Gasteiger partial charge in [0.05, 0.1) is 26.7 Å². The highest BCUT2D eigenvalue weighted by atomic mass is 16.7. The molecule has 0 spiro atoms.